The number of nitrogens with one attached hydrogen (secondary N) is 2. The maximum absolute atomic E-state index is 12.4. The van der Waals surface area contributed by atoms with Gasteiger partial charge in [-0.1, -0.05) is 46.7 Å². The van der Waals surface area contributed by atoms with E-state index in [1.165, 1.54) is 29.5 Å². The molecule has 3 rings (SSSR count). The van der Waals surface area contributed by atoms with Crippen LogP contribution in [0.5, 0.6) is 0 Å². The summed E-state index contributed by atoms with van der Waals surface area (Å²) in [6.07, 6.45) is 1.02. The Morgan fingerprint density at radius 1 is 1.07 bits per heavy atom. The normalized spacial score (nSPS) is 11.2. The van der Waals surface area contributed by atoms with E-state index in [0.717, 1.165) is 11.8 Å². The van der Waals surface area contributed by atoms with Crippen molar-refractivity contribution < 1.29 is 13.2 Å². The molecule has 0 aliphatic carbocycles. The summed E-state index contributed by atoms with van der Waals surface area (Å²) in [6.45, 7) is 0. The molecule has 0 aliphatic heterocycles. The van der Waals surface area contributed by atoms with Crippen LogP contribution in [-0.4, -0.2) is 30.8 Å². The van der Waals surface area contributed by atoms with Gasteiger partial charge in [-0.2, -0.15) is 0 Å². The molecule has 0 aliphatic rings. The average molecular weight is 443 g/mol. The van der Waals surface area contributed by atoms with Crippen molar-refractivity contribution in [3.63, 3.8) is 0 Å². The third-order valence-corrected chi connectivity index (χ3v) is 5.31. The van der Waals surface area contributed by atoms with Crippen molar-refractivity contribution in [2.45, 2.75) is 0 Å². The largest absolute Gasteiger partial charge is 0.296 e. The highest BCUT2D eigenvalue weighted by Crippen LogP contribution is 2.28. The number of carbonyl (C=O) groups excluding carboxylic acids is 1. The van der Waals surface area contributed by atoms with Gasteiger partial charge in [0, 0.05) is 16.3 Å². The Hall–Kier alpha value is -2.20. The molecule has 0 unspecified atom stereocenters. The summed E-state index contributed by atoms with van der Waals surface area (Å²) >= 11 is 13.2. The number of amides is 1. The van der Waals surface area contributed by atoms with E-state index in [-0.39, 0.29) is 16.3 Å². The highest BCUT2D eigenvalue weighted by molar-refractivity contribution is 7.92. The lowest BCUT2D eigenvalue weighted by atomic mass is 10.2. The number of benzene rings is 2. The molecular formula is C16H12Cl2N4O3S2. The highest BCUT2D eigenvalue weighted by atomic mass is 35.5. The molecule has 0 bridgehead atoms. The third kappa shape index (κ3) is 5.16. The first-order valence-corrected chi connectivity index (χ1v) is 10.9. The molecule has 7 nitrogen and oxygen atoms in total. The summed E-state index contributed by atoms with van der Waals surface area (Å²) in [4.78, 5) is 12.4. The summed E-state index contributed by atoms with van der Waals surface area (Å²) in [7, 11) is -3.44. The number of hydrogen-bond acceptors (Lipinski definition) is 6. The van der Waals surface area contributed by atoms with Crippen LogP contribution < -0.4 is 10.0 Å². The standard InChI is InChI=1S/C16H12Cl2N4O3S2/c1-27(24,25)22-11-6-7-12(13(18)8-11)14(23)19-16-21-20-15(26-16)9-2-4-10(17)5-3-9/h2-8,22H,1H3,(H,19,21,23). The molecule has 1 amide bonds. The summed E-state index contributed by atoms with van der Waals surface area (Å²) < 4.78 is 24.8. The zero-order valence-corrected chi connectivity index (χ0v) is 16.9. The van der Waals surface area contributed by atoms with E-state index >= 15 is 0 Å². The number of nitrogens with zero attached hydrogens (tertiary/aromatic N) is 2. The molecule has 0 fully saturated rings. The second-order valence-corrected chi connectivity index (χ2v) is 9.01. The van der Waals surface area contributed by atoms with Crippen LogP contribution in [0.3, 0.4) is 0 Å². The van der Waals surface area contributed by atoms with Crippen LogP contribution in [0, 0.1) is 0 Å². The predicted molar refractivity (Wildman–Crippen MR) is 108 cm³/mol. The van der Waals surface area contributed by atoms with Crippen molar-refractivity contribution in [2.24, 2.45) is 0 Å². The van der Waals surface area contributed by atoms with Gasteiger partial charge in [0.05, 0.1) is 16.8 Å². The molecule has 27 heavy (non-hydrogen) atoms. The lowest BCUT2D eigenvalue weighted by molar-refractivity contribution is 0.102. The third-order valence-electron chi connectivity index (χ3n) is 3.25. The van der Waals surface area contributed by atoms with Crippen LogP contribution in [-0.2, 0) is 10.0 Å². The number of sulfonamides is 1. The Labute approximate surface area is 169 Å². The van der Waals surface area contributed by atoms with Crippen LogP contribution >= 0.6 is 34.5 Å². The Kier molecular flexibility index (Phi) is 5.66. The molecule has 0 radical (unpaired) electrons. The number of aromatic nitrogens is 2. The van der Waals surface area contributed by atoms with E-state index < -0.39 is 15.9 Å². The number of hydrogen-bond donors (Lipinski definition) is 2. The van der Waals surface area contributed by atoms with E-state index in [1.807, 2.05) is 0 Å². The van der Waals surface area contributed by atoms with Gasteiger partial charge in [-0.15, -0.1) is 10.2 Å². The van der Waals surface area contributed by atoms with Crippen LogP contribution in [0.2, 0.25) is 10.0 Å². The number of anilines is 2. The minimum absolute atomic E-state index is 0.101. The smallest absolute Gasteiger partial charge is 0.259 e. The average Bonchev–Trinajstić information content (AvgIpc) is 3.02. The molecule has 2 aromatic carbocycles. The summed E-state index contributed by atoms with van der Waals surface area (Å²) in [6, 6.07) is 11.3. The van der Waals surface area contributed by atoms with Gasteiger partial charge in [-0.05, 0) is 30.3 Å². The van der Waals surface area contributed by atoms with Crippen molar-refractivity contribution in [1.29, 1.82) is 0 Å². The summed E-state index contributed by atoms with van der Waals surface area (Å²) in [5.74, 6) is -0.482. The topological polar surface area (TPSA) is 101 Å². The van der Waals surface area contributed by atoms with E-state index in [1.54, 1.807) is 24.3 Å². The molecule has 0 saturated carbocycles. The van der Waals surface area contributed by atoms with Crippen molar-refractivity contribution in [1.82, 2.24) is 10.2 Å². The molecule has 3 aromatic rings. The molecule has 11 heteroatoms. The van der Waals surface area contributed by atoms with Crippen LogP contribution in [0.15, 0.2) is 42.5 Å². The highest BCUT2D eigenvalue weighted by Gasteiger charge is 2.15. The number of rotatable bonds is 5. The zero-order chi connectivity index (χ0) is 19.6. The molecule has 140 valence electrons. The first-order chi connectivity index (χ1) is 12.7. The van der Waals surface area contributed by atoms with Crippen molar-refractivity contribution >= 4 is 61.3 Å². The predicted octanol–water partition coefficient (Wildman–Crippen LogP) is 4.14. The minimum atomic E-state index is -3.44. The fourth-order valence-corrected chi connectivity index (χ4v) is 3.82. The van der Waals surface area contributed by atoms with Crippen LogP contribution in [0.1, 0.15) is 10.4 Å². The second kappa shape index (κ2) is 7.81. The maximum Gasteiger partial charge on any atom is 0.259 e. The van der Waals surface area contributed by atoms with Gasteiger partial charge in [0.25, 0.3) is 5.91 Å². The Bertz CT molecular complexity index is 1100. The molecular weight excluding hydrogens is 431 g/mol. The fourth-order valence-electron chi connectivity index (χ4n) is 2.12. The van der Waals surface area contributed by atoms with Crippen molar-refractivity contribution in [3.8, 4) is 10.6 Å². The van der Waals surface area contributed by atoms with Crippen LogP contribution in [0.4, 0.5) is 10.8 Å². The minimum Gasteiger partial charge on any atom is -0.296 e. The van der Waals surface area contributed by atoms with E-state index in [4.69, 9.17) is 23.2 Å². The Balaban J connectivity index is 1.75. The Morgan fingerprint density at radius 2 is 1.78 bits per heavy atom. The summed E-state index contributed by atoms with van der Waals surface area (Å²) in [5, 5.41) is 12.3. The lowest BCUT2D eigenvalue weighted by Gasteiger charge is -2.07. The van der Waals surface area contributed by atoms with Crippen LogP contribution in [0.25, 0.3) is 10.6 Å². The van der Waals surface area contributed by atoms with E-state index in [9.17, 15) is 13.2 Å². The fraction of sp³-hybridized carbons (Fsp3) is 0.0625. The zero-order valence-electron chi connectivity index (χ0n) is 13.7. The van der Waals surface area contributed by atoms with Gasteiger partial charge in [0.15, 0.2) is 0 Å². The first-order valence-electron chi connectivity index (χ1n) is 7.39. The second-order valence-electron chi connectivity index (χ2n) is 5.44. The molecule has 0 saturated heterocycles. The lowest BCUT2D eigenvalue weighted by Crippen LogP contribution is -2.13. The summed E-state index contributed by atoms with van der Waals surface area (Å²) in [5.41, 5.74) is 1.27. The quantitative estimate of drug-likeness (QED) is 0.618. The van der Waals surface area contributed by atoms with Gasteiger partial charge >= 0.3 is 0 Å². The van der Waals surface area contributed by atoms with Crippen molar-refractivity contribution in [2.75, 3.05) is 16.3 Å². The van der Waals surface area contributed by atoms with Crippen molar-refractivity contribution in [3.05, 3.63) is 58.1 Å². The van der Waals surface area contributed by atoms with Gasteiger partial charge in [-0.25, -0.2) is 8.42 Å². The monoisotopic (exact) mass is 442 g/mol. The Morgan fingerprint density at radius 3 is 2.41 bits per heavy atom. The number of halogens is 2. The maximum atomic E-state index is 12.4. The molecule has 1 heterocycles. The number of carbonyl (C=O) groups is 1. The SMILES string of the molecule is CS(=O)(=O)Nc1ccc(C(=O)Nc2nnc(-c3ccc(Cl)cc3)s2)c(Cl)c1. The molecule has 2 N–H and O–H groups in total. The van der Waals surface area contributed by atoms with E-state index in [0.29, 0.717) is 15.2 Å². The van der Waals surface area contributed by atoms with E-state index in [2.05, 4.69) is 20.2 Å². The van der Waals surface area contributed by atoms with Gasteiger partial charge in [-0.3, -0.25) is 14.8 Å². The molecule has 0 spiro atoms. The molecule has 0 atom stereocenters. The van der Waals surface area contributed by atoms with Gasteiger partial charge in [0.2, 0.25) is 15.2 Å². The van der Waals surface area contributed by atoms with Gasteiger partial charge < -0.3 is 0 Å². The first kappa shape index (κ1) is 19.6. The van der Waals surface area contributed by atoms with Gasteiger partial charge in [0.1, 0.15) is 5.01 Å². The molecule has 1 aromatic heterocycles.